The van der Waals surface area contributed by atoms with Gasteiger partial charge in [-0.05, 0) is 58.7 Å². The van der Waals surface area contributed by atoms with Gasteiger partial charge in [-0.1, -0.05) is 91.1 Å². The molecule has 200 valence electrons. The number of carbonyl (C=O) groups excluding carboxylic acids is 2. The second kappa shape index (κ2) is 13.0. The number of hydrogen-bond acceptors (Lipinski definition) is 4. The molecule has 0 aliphatic rings. The van der Waals surface area contributed by atoms with E-state index in [0.29, 0.717) is 33.5 Å². The zero-order valence-electron chi connectivity index (χ0n) is 21.3. The molecular formula is C30H26Cl3N3O3. The number of amides is 2. The number of hydrogen-bond donors (Lipinski definition) is 2. The minimum Gasteiger partial charge on any atom is -0.488 e. The van der Waals surface area contributed by atoms with Crippen molar-refractivity contribution in [3.63, 3.8) is 0 Å². The van der Waals surface area contributed by atoms with E-state index in [2.05, 4.69) is 15.8 Å². The topological polar surface area (TPSA) is 79.8 Å². The van der Waals surface area contributed by atoms with Gasteiger partial charge in [0.1, 0.15) is 18.4 Å². The zero-order valence-corrected chi connectivity index (χ0v) is 23.5. The summed E-state index contributed by atoms with van der Waals surface area (Å²) in [4.78, 5) is 25.8. The Morgan fingerprint density at radius 1 is 0.923 bits per heavy atom. The predicted octanol–water partition coefficient (Wildman–Crippen LogP) is 7.28. The van der Waals surface area contributed by atoms with Crippen LogP contribution >= 0.6 is 34.8 Å². The maximum atomic E-state index is 13.0. The van der Waals surface area contributed by atoms with Crippen molar-refractivity contribution in [2.24, 2.45) is 11.0 Å². The number of ether oxygens (including phenoxy) is 1. The van der Waals surface area contributed by atoms with Crippen LogP contribution in [0.1, 0.15) is 35.3 Å². The van der Waals surface area contributed by atoms with Gasteiger partial charge < -0.3 is 10.1 Å². The van der Waals surface area contributed by atoms with Crippen LogP contribution in [0.4, 0.5) is 0 Å². The fourth-order valence-corrected chi connectivity index (χ4v) is 4.33. The molecule has 0 radical (unpaired) electrons. The van der Waals surface area contributed by atoms with Gasteiger partial charge in [-0.15, -0.1) is 0 Å². The van der Waals surface area contributed by atoms with Crippen LogP contribution in [-0.4, -0.2) is 24.1 Å². The highest BCUT2D eigenvalue weighted by molar-refractivity contribution is 6.42. The average molecular weight is 583 g/mol. The van der Waals surface area contributed by atoms with Gasteiger partial charge >= 0.3 is 0 Å². The number of fused-ring (bicyclic) bond motifs is 1. The highest BCUT2D eigenvalue weighted by Crippen LogP contribution is 2.28. The van der Waals surface area contributed by atoms with E-state index in [1.54, 1.807) is 12.3 Å². The molecule has 0 heterocycles. The van der Waals surface area contributed by atoms with Crippen molar-refractivity contribution >= 4 is 63.6 Å². The van der Waals surface area contributed by atoms with Gasteiger partial charge in [0, 0.05) is 16.1 Å². The number of benzene rings is 4. The summed E-state index contributed by atoms with van der Waals surface area (Å²) in [6, 6.07) is 22.8. The van der Waals surface area contributed by atoms with Crippen molar-refractivity contribution in [1.29, 1.82) is 0 Å². The van der Waals surface area contributed by atoms with Crippen molar-refractivity contribution in [3.05, 3.63) is 111 Å². The number of rotatable bonds is 9. The molecule has 1 atom stereocenters. The van der Waals surface area contributed by atoms with Crippen molar-refractivity contribution in [1.82, 2.24) is 10.7 Å². The highest BCUT2D eigenvalue weighted by atomic mass is 35.5. The Bertz CT molecular complexity index is 1520. The first-order valence-corrected chi connectivity index (χ1v) is 13.3. The number of nitrogens with one attached hydrogen (secondary N) is 2. The molecule has 4 aromatic carbocycles. The molecular weight excluding hydrogens is 557 g/mol. The SMILES string of the molecule is CC(C)C(NC(=O)c1ccc(Cl)c(Cl)c1)C(=O)NN=Cc1c(OCc2ccc(Cl)cc2)ccc2ccccc12. The van der Waals surface area contributed by atoms with Crippen LogP contribution in [0.2, 0.25) is 15.1 Å². The Morgan fingerprint density at radius 2 is 1.67 bits per heavy atom. The quantitative estimate of drug-likeness (QED) is 0.161. The molecule has 0 aliphatic heterocycles. The highest BCUT2D eigenvalue weighted by Gasteiger charge is 2.25. The fraction of sp³-hybridized carbons (Fsp3) is 0.167. The first kappa shape index (κ1) is 28.4. The fourth-order valence-electron chi connectivity index (χ4n) is 3.90. The molecule has 0 aromatic heterocycles. The maximum Gasteiger partial charge on any atom is 0.262 e. The molecule has 0 bridgehead atoms. The molecule has 2 amide bonds. The minimum atomic E-state index is -0.836. The van der Waals surface area contributed by atoms with E-state index in [0.717, 1.165) is 16.3 Å². The third-order valence-corrected chi connectivity index (χ3v) is 7.02. The summed E-state index contributed by atoms with van der Waals surface area (Å²) >= 11 is 18.0. The number of nitrogens with zero attached hydrogens (tertiary/aromatic N) is 1. The Morgan fingerprint density at radius 3 is 2.38 bits per heavy atom. The second-order valence-corrected chi connectivity index (χ2v) is 10.4. The summed E-state index contributed by atoms with van der Waals surface area (Å²) < 4.78 is 6.11. The smallest absolute Gasteiger partial charge is 0.262 e. The molecule has 0 fully saturated rings. The monoisotopic (exact) mass is 581 g/mol. The lowest BCUT2D eigenvalue weighted by atomic mass is 10.0. The zero-order chi connectivity index (χ0) is 27.9. The molecule has 1 unspecified atom stereocenters. The number of halogens is 3. The summed E-state index contributed by atoms with van der Waals surface area (Å²) in [6.07, 6.45) is 1.55. The lowest BCUT2D eigenvalue weighted by Gasteiger charge is -2.20. The second-order valence-electron chi connectivity index (χ2n) is 9.17. The molecule has 0 aliphatic carbocycles. The van der Waals surface area contributed by atoms with Crippen molar-refractivity contribution in [2.75, 3.05) is 0 Å². The van der Waals surface area contributed by atoms with E-state index in [9.17, 15) is 9.59 Å². The first-order chi connectivity index (χ1) is 18.7. The van der Waals surface area contributed by atoms with Gasteiger partial charge in [-0.3, -0.25) is 9.59 Å². The Balaban J connectivity index is 1.51. The third-order valence-electron chi connectivity index (χ3n) is 6.02. The Kier molecular flexibility index (Phi) is 9.46. The van der Waals surface area contributed by atoms with E-state index < -0.39 is 17.9 Å². The number of hydrazone groups is 1. The van der Waals surface area contributed by atoms with Gasteiger partial charge in [0.05, 0.1) is 16.3 Å². The van der Waals surface area contributed by atoms with Gasteiger partial charge in [0.25, 0.3) is 11.8 Å². The van der Waals surface area contributed by atoms with Crippen LogP contribution in [0.5, 0.6) is 5.75 Å². The standard InChI is InChI=1S/C30H26Cl3N3O3/c1-18(2)28(35-29(37)21-9-13-25(32)26(33)15-21)30(38)36-34-16-24-23-6-4-3-5-20(23)10-14-27(24)39-17-19-7-11-22(31)12-8-19/h3-16,18,28H,17H2,1-2H3,(H,35,37)(H,36,38). The first-order valence-electron chi connectivity index (χ1n) is 12.2. The van der Waals surface area contributed by atoms with Gasteiger partial charge in [-0.25, -0.2) is 5.43 Å². The summed E-state index contributed by atoms with van der Waals surface area (Å²) in [5.41, 5.74) is 4.53. The summed E-state index contributed by atoms with van der Waals surface area (Å²) in [5.74, 6) is -0.505. The van der Waals surface area contributed by atoms with Crippen molar-refractivity contribution in [2.45, 2.75) is 26.5 Å². The van der Waals surface area contributed by atoms with Crippen LogP contribution in [0.3, 0.4) is 0 Å². The van der Waals surface area contributed by atoms with E-state index in [4.69, 9.17) is 39.5 Å². The molecule has 0 saturated heterocycles. The van der Waals surface area contributed by atoms with Gasteiger partial charge in [-0.2, -0.15) is 5.10 Å². The van der Waals surface area contributed by atoms with Gasteiger partial charge in [0.15, 0.2) is 0 Å². The maximum absolute atomic E-state index is 13.0. The average Bonchev–Trinajstić information content (AvgIpc) is 2.93. The van der Waals surface area contributed by atoms with E-state index >= 15 is 0 Å². The van der Waals surface area contributed by atoms with Crippen molar-refractivity contribution in [3.8, 4) is 5.75 Å². The lowest BCUT2D eigenvalue weighted by Crippen LogP contribution is -2.48. The van der Waals surface area contributed by atoms with Crippen LogP contribution in [-0.2, 0) is 11.4 Å². The molecule has 39 heavy (non-hydrogen) atoms. The molecule has 2 N–H and O–H groups in total. The number of carbonyl (C=O) groups is 2. The summed E-state index contributed by atoms with van der Waals surface area (Å²) in [7, 11) is 0. The minimum absolute atomic E-state index is 0.206. The Hall–Kier alpha value is -3.58. The largest absolute Gasteiger partial charge is 0.488 e. The van der Waals surface area contributed by atoms with Crippen LogP contribution in [0, 0.1) is 5.92 Å². The predicted molar refractivity (Wildman–Crippen MR) is 158 cm³/mol. The van der Waals surface area contributed by atoms with Crippen molar-refractivity contribution < 1.29 is 14.3 Å². The molecule has 4 aromatic rings. The van der Waals surface area contributed by atoms with E-state index in [1.807, 2.05) is 74.5 Å². The molecule has 4 rings (SSSR count). The Labute approximate surface area is 241 Å². The van der Waals surface area contributed by atoms with Crippen LogP contribution in [0.25, 0.3) is 10.8 Å². The normalized spacial score (nSPS) is 12.1. The summed E-state index contributed by atoms with van der Waals surface area (Å²) in [6.45, 7) is 3.99. The molecule has 0 spiro atoms. The van der Waals surface area contributed by atoms with Crippen LogP contribution < -0.4 is 15.5 Å². The summed E-state index contributed by atoms with van der Waals surface area (Å²) in [5, 5.41) is 10.1. The van der Waals surface area contributed by atoms with Crippen LogP contribution in [0.15, 0.2) is 84.0 Å². The molecule has 9 heteroatoms. The molecule has 6 nitrogen and oxygen atoms in total. The van der Waals surface area contributed by atoms with E-state index in [1.165, 1.54) is 12.1 Å². The third kappa shape index (κ3) is 7.30. The van der Waals surface area contributed by atoms with Gasteiger partial charge in [0.2, 0.25) is 0 Å². The lowest BCUT2D eigenvalue weighted by molar-refractivity contribution is -0.123. The van der Waals surface area contributed by atoms with E-state index in [-0.39, 0.29) is 10.9 Å². The molecule has 0 saturated carbocycles.